The van der Waals surface area contributed by atoms with E-state index in [2.05, 4.69) is 10.5 Å². The summed E-state index contributed by atoms with van der Waals surface area (Å²) in [5, 5.41) is 8.70. The van der Waals surface area contributed by atoms with Crippen molar-refractivity contribution in [1.82, 2.24) is 10.1 Å². The number of aromatic nitrogens is 1. The van der Waals surface area contributed by atoms with Crippen LogP contribution in [0, 0.1) is 0 Å². The monoisotopic (exact) mass is 363 g/mol. The maximum Gasteiger partial charge on any atom is 0.350 e. The van der Waals surface area contributed by atoms with Gasteiger partial charge in [0.1, 0.15) is 16.3 Å². The number of likely N-dealkylation sites (tertiary alicyclic amines) is 1. The van der Waals surface area contributed by atoms with Crippen molar-refractivity contribution in [2.45, 2.75) is 38.6 Å². The van der Waals surface area contributed by atoms with Crippen LogP contribution in [0.2, 0.25) is 0 Å². The Kier molecular flexibility index (Phi) is 5.08. The van der Waals surface area contributed by atoms with E-state index in [9.17, 15) is 9.59 Å². The van der Waals surface area contributed by atoms with Crippen LogP contribution in [0.3, 0.4) is 0 Å². The van der Waals surface area contributed by atoms with Gasteiger partial charge in [0.2, 0.25) is 0 Å². The molecule has 1 fully saturated rings. The minimum absolute atomic E-state index is 0.114. The normalized spacial score (nSPS) is 17.1. The molecule has 3 heterocycles. The van der Waals surface area contributed by atoms with E-state index in [1.165, 1.54) is 18.4 Å². The second-order valence-corrected chi connectivity index (χ2v) is 7.16. The summed E-state index contributed by atoms with van der Waals surface area (Å²) >= 11 is 1.24. The zero-order valence-electron chi connectivity index (χ0n) is 14.4. The quantitative estimate of drug-likeness (QED) is 0.830. The average molecular weight is 363 g/mol. The minimum atomic E-state index is -0.457. The van der Waals surface area contributed by atoms with Crippen LogP contribution >= 0.6 is 11.3 Å². The number of nitrogens with zero attached hydrogens (tertiary/aromatic N) is 2. The van der Waals surface area contributed by atoms with Crippen molar-refractivity contribution in [2.24, 2.45) is 0 Å². The summed E-state index contributed by atoms with van der Waals surface area (Å²) in [5.74, 6) is 0.604. The maximum absolute atomic E-state index is 12.7. The van der Waals surface area contributed by atoms with Gasteiger partial charge in [0.15, 0.2) is 0 Å². The lowest BCUT2D eigenvalue weighted by molar-refractivity contribution is 0.0607. The second kappa shape index (κ2) is 7.26. The number of esters is 1. The Balaban J connectivity index is 1.75. The SMILES string of the molecule is COC(=O)c1sccc1NC(=O)N1CCC[C@H]1c1cc(C(C)C)on1. The average Bonchev–Trinajstić information content (AvgIpc) is 3.32. The van der Waals surface area contributed by atoms with Crippen molar-refractivity contribution in [3.8, 4) is 0 Å². The van der Waals surface area contributed by atoms with E-state index in [1.54, 1.807) is 16.3 Å². The third-order valence-corrected chi connectivity index (χ3v) is 5.14. The zero-order valence-corrected chi connectivity index (χ0v) is 15.3. The third kappa shape index (κ3) is 3.53. The summed E-state index contributed by atoms with van der Waals surface area (Å²) in [7, 11) is 1.32. The molecule has 0 aromatic carbocycles. The van der Waals surface area contributed by atoms with E-state index in [0.29, 0.717) is 17.1 Å². The lowest BCUT2D eigenvalue weighted by Crippen LogP contribution is -2.34. The molecule has 0 radical (unpaired) electrons. The lowest BCUT2D eigenvalue weighted by atomic mass is 10.1. The predicted molar refractivity (Wildman–Crippen MR) is 94.0 cm³/mol. The van der Waals surface area contributed by atoms with Gasteiger partial charge in [0, 0.05) is 18.5 Å². The highest BCUT2D eigenvalue weighted by molar-refractivity contribution is 7.12. The van der Waals surface area contributed by atoms with Crippen LogP contribution < -0.4 is 5.32 Å². The number of ether oxygens (including phenoxy) is 1. The van der Waals surface area contributed by atoms with Crippen molar-refractivity contribution in [2.75, 3.05) is 19.0 Å². The third-order valence-electron chi connectivity index (χ3n) is 4.25. The fourth-order valence-electron chi connectivity index (χ4n) is 2.90. The Labute approximate surface area is 149 Å². The number of anilines is 1. The molecular weight excluding hydrogens is 342 g/mol. The van der Waals surface area contributed by atoms with Gasteiger partial charge in [-0.15, -0.1) is 11.3 Å². The number of carbonyl (C=O) groups excluding carboxylic acids is 2. The molecular formula is C17H21N3O4S. The van der Waals surface area contributed by atoms with Crippen LogP contribution in [-0.4, -0.2) is 35.7 Å². The van der Waals surface area contributed by atoms with Crippen molar-refractivity contribution in [1.29, 1.82) is 0 Å². The number of thiophene rings is 1. The van der Waals surface area contributed by atoms with Gasteiger partial charge >= 0.3 is 12.0 Å². The predicted octanol–water partition coefficient (Wildman–Crippen LogP) is 4.02. The molecule has 2 aromatic rings. The van der Waals surface area contributed by atoms with Crippen LogP contribution in [0.1, 0.15) is 59.8 Å². The number of hydrogen-bond donors (Lipinski definition) is 1. The van der Waals surface area contributed by atoms with Gasteiger partial charge in [-0.05, 0) is 24.3 Å². The van der Waals surface area contributed by atoms with Crippen LogP contribution in [-0.2, 0) is 4.74 Å². The Morgan fingerprint density at radius 2 is 2.28 bits per heavy atom. The standard InChI is InChI=1S/C17H21N3O4S/c1-10(2)14-9-12(19-24-14)13-5-4-7-20(13)17(22)18-11-6-8-25-15(11)16(21)23-3/h6,8-10,13H,4-5,7H2,1-3H3,(H,18,22)/t13-/m0/s1. The Hall–Kier alpha value is -2.35. The first-order chi connectivity index (χ1) is 12.0. The van der Waals surface area contributed by atoms with Gasteiger partial charge in [-0.1, -0.05) is 19.0 Å². The molecule has 25 heavy (non-hydrogen) atoms. The van der Waals surface area contributed by atoms with E-state index in [0.717, 1.165) is 24.3 Å². The summed E-state index contributed by atoms with van der Waals surface area (Å²) in [6.45, 7) is 4.71. The molecule has 3 rings (SSSR count). The van der Waals surface area contributed by atoms with Gasteiger partial charge in [-0.2, -0.15) is 0 Å². The molecule has 2 amide bonds. The summed E-state index contributed by atoms with van der Waals surface area (Å²) < 4.78 is 10.1. The number of amides is 2. The highest BCUT2D eigenvalue weighted by Crippen LogP contribution is 2.33. The molecule has 7 nitrogen and oxygen atoms in total. The van der Waals surface area contributed by atoms with Gasteiger partial charge in [-0.3, -0.25) is 0 Å². The molecule has 1 N–H and O–H groups in total. The first kappa shape index (κ1) is 17.5. The summed E-state index contributed by atoms with van der Waals surface area (Å²) in [5.41, 5.74) is 1.24. The molecule has 0 saturated carbocycles. The lowest BCUT2D eigenvalue weighted by Gasteiger charge is -2.23. The molecule has 1 aliphatic heterocycles. The minimum Gasteiger partial charge on any atom is -0.465 e. The van der Waals surface area contributed by atoms with Crippen molar-refractivity contribution in [3.05, 3.63) is 33.8 Å². The molecule has 1 atom stereocenters. The van der Waals surface area contributed by atoms with Gasteiger partial charge in [-0.25, -0.2) is 9.59 Å². The first-order valence-corrected chi connectivity index (χ1v) is 9.09. The highest BCUT2D eigenvalue weighted by atomic mass is 32.1. The van der Waals surface area contributed by atoms with E-state index in [1.807, 2.05) is 19.9 Å². The number of methoxy groups -OCH3 is 1. The van der Waals surface area contributed by atoms with Crippen LogP contribution in [0.15, 0.2) is 22.0 Å². The second-order valence-electron chi connectivity index (χ2n) is 6.25. The number of urea groups is 1. The molecule has 2 aromatic heterocycles. The topological polar surface area (TPSA) is 84.7 Å². The molecule has 134 valence electrons. The fourth-order valence-corrected chi connectivity index (χ4v) is 3.66. The van der Waals surface area contributed by atoms with E-state index in [4.69, 9.17) is 9.26 Å². The van der Waals surface area contributed by atoms with Crippen molar-refractivity contribution >= 4 is 29.0 Å². The number of nitrogens with one attached hydrogen (secondary N) is 1. The van der Waals surface area contributed by atoms with Gasteiger partial charge in [0.05, 0.1) is 18.8 Å². The largest absolute Gasteiger partial charge is 0.465 e. The maximum atomic E-state index is 12.7. The molecule has 1 saturated heterocycles. The van der Waals surface area contributed by atoms with Crippen LogP contribution in [0.5, 0.6) is 0 Å². The molecule has 0 bridgehead atoms. The number of carbonyl (C=O) groups is 2. The summed E-state index contributed by atoms with van der Waals surface area (Å²) in [6.07, 6.45) is 1.74. The molecule has 0 spiro atoms. The Morgan fingerprint density at radius 1 is 1.48 bits per heavy atom. The van der Waals surface area contributed by atoms with Crippen LogP contribution in [0.4, 0.5) is 10.5 Å². The number of hydrogen-bond acceptors (Lipinski definition) is 6. The Morgan fingerprint density at radius 3 is 2.96 bits per heavy atom. The fraction of sp³-hybridized carbons (Fsp3) is 0.471. The van der Waals surface area contributed by atoms with Gasteiger partial charge in [0.25, 0.3) is 0 Å². The van der Waals surface area contributed by atoms with E-state index in [-0.39, 0.29) is 18.0 Å². The van der Waals surface area contributed by atoms with Crippen molar-refractivity contribution in [3.63, 3.8) is 0 Å². The molecule has 0 aliphatic carbocycles. The Bertz CT molecular complexity index is 768. The molecule has 8 heteroatoms. The van der Waals surface area contributed by atoms with Crippen LogP contribution in [0.25, 0.3) is 0 Å². The summed E-state index contributed by atoms with van der Waals surface area (Å²) in [6, 6.07) is 3.26. The van der Waals surface area contributed by atoms with Gasteiger partial charge < -0.3 is 19.5 Å². The first-order valence-electron chi connectivity index (χ1n) is 8.21. The smallest absolute Gasteiger partial charge is 0.350 e. The molecule has 0 unspecified atom stereocenters. The van der Waals surface area contributed by atoms with Crippen molar-refractivity contribution < 1.29 is 18.8 Å². The highest BCUT2D eigenvalue weighted by Gasteiger charge is 2.33. The zero-order chi connectivity index (χ0) is 18.0. The van der Waals surface area contributed by atoms with E-state index < -0.39 is 5.97 Å². The summed E-state index contributed by atoms with van der Waals surface area (Å²) in [4.78, 5) is 26.6. The molecule has 1 aliphatic rings. The number of rotatable bonds is 4. The van der Waals surface area contributed by atoms with E-state index >= 15 is 0 Å².